The Kier molecular flexibility index (Phi) is 3.47. The van der Waals surface area contributed by atoms with Gasteiger partial charge in [0.15, 0.2) is 0 Å². The first-order valence-electron chi connectivity index (χ1n) is 5.44. The second kappa shape index (κ2) is 5.22. The smallest absolute Gasteiger partial charge is 0.226 e. The molecule has 0 spiro atoms. The molecule has 6 heteroatoms. The number of anilines is 1. The van der Waals surface area contributed by atoms with Crippen LogP contribution in [0.2, 0.25) is 0 Å². The lowest BCUT2D eigenvalue weighted by atomic mass is 10.3. The van der Waals surface area contributed by atoms with Gasteiger partial charge in [0.05, 0.1) is 0 Å². The zero-order valence-corrected chi connectivity index (χ0v) is 10.0. The molecule has 2 rings (SSSR count). The number of nitrogens with zero attached hydrogens (tertiary/aromatic N) is 4. The number of hydrogen-bond donors (Lipinski definition) is 2. The van der Waals surface area contributed by atoms with Gasteiger partial charge in [0.25, 0.3) is 0 Å². The van der Waals surface area contributed by atoms with Crippen LogP contribution in [0.4, 0.5) is 5.95 Å². The van der Waals surface area contributed by atoms with Gasteiger partial charge in [0.2, 0.25) is 5.95 Å². The van der Waals surface area contributed by atoms with Gasteiger partial charge in [-0.15, -0.1) is 0 Å². The molecule has 0 bridgehead atoms. The van der Waals surface area contributed by atoms with E-state index in [1.807, 2.05) is 24.1 Å². The average molecular weight is 242 g/mol. The molecule has 0 aromatic carbocycles. The first kappa shape index (κ1) is 12.0. The molecule has 6 nitrogen and oxygen atoms in total. The Morgan fingerprint density at radius 2 is 2.22 bits per heavy atom. The fourth-order valence-electron chi connectivity index (χ4n) is 1.52. The molecule has 0 aliphatic rings. The van der Waals surface area contributed by atoms with Crippen LogP contribution in [0.25, 0.3) is 0 Å². The Bertz CT molecular complexity index is 539. The Labute approximate surface area is 105 Å². The molecule has 0 radical (unpaired) electrons. The monoisotopic (exact) mass is 242 g/mol. The van der Waals surface area contributed by atoms with Crippen molar-refractivity contribution in [2.24, 2.45) is 5.73 Å². The molecule has 3 N–H and O–H groups in total. The van der Waals surface area contributed by atoms with Crippen LogP contribution in [0.5, 0.6) is 0 Å². The van der Waals surface area contributed by atoms with Crippen molar-refractivity contribution >= 4 is 11.8 Å². The number of pyridine rings is 1. The van der Waals surface area contributed by atoms with Gasteiger partial charge in [0, 0.05) is 32.2 Å². The van der Waals surface area contributed by atoms with Crippen molar-refractivity contribution in [3.8, 4) is 0 Å². The molecule has 18 heavy (non-hydrogen) atoms. The first-order chi connectivity index (χ1) is 8.66. The first-order valence-corrected chi connectivity index (χ1v) is 5.44. The van der Waals surface area contributed by atoms with E-state index in [1.165, 1.54) is 0 Å². The van der Waals surface area contributed by atoms with Crippen molar-refractivity contribution in [3.63, 3.8) is 0 Å². The summed E-state index contributed by atoms with van der Waals surface area (Å²) in [6, 6.07) is 5.48. The van der Waals surface area contributed by atoms with E-state index in [9.17, 15) is 0 Å². The van der Waals surface area contributed by atoms with Crippen LogP contribution in [0.15, 0.2) is 36.8 Å². The molecule has 0 saturated carbocycles. The molecule has 0 saturated heterocycles. The summed E-state index contributed by atoms with van der Waals surface area (Å²) in [5, 5.41) is 7.35. The maximum absolute atomic E-state index is 7.35. The molecule has 92 valence electrons. The third-order valence-electron chi connectivity index (χ3n) is 2.40. The second-order valence-electron chi connectivity index (χ2n) is 3.87. The van der Waals surface area contributed by atoms with E-state index in [1.54, 1.807) is 24.7 Å². The van der Waals surface area contributed by atoms with E-state index in [2.05, 4.69) is 15.0 Å². The van der Waals surface area contributed by atoms with Gasteiger partial charge in [-0.3, -0.25) is 10.4 Å². The second-order valence-corrected chi connectivity index (χ2v) is 3.87. The van der Waals surface area contributed by atoms with E-state index in [-0.39, 0.29) is 5.84 Å². The van der Waals surface area contributed by atoms with Gasteiger partial charge in [-0.05, 0) is 17.7 Å². The number of rotatable bonds is 4. The number of amidine groups is 1. The van der Waals surface area contributed by atoms with Crippen molar-refractivity contribution in [2.45, 2.75) is 6.54 Å². The maximum atomic E-state index is 7.35. The minimum absolute atomic E-state index is 0.0616. The molecule has 2 aromatic heterocycles. The topological polar surface area (TPSA) is 91.8 Å². The molecule has 2 heterocycles. The molecule has 0 atom stereocenters. The van der Waals surface area contributed by atoms with Gasteiger partial charge in [-0.25, -0.2) is 9.97 Å². The van der Waals surface area contributed by atoms with Crippen molar-refractivity contribution in [2.75, 3.05) is 11.9 Å². The summed E-state index contributed by atoms with van der Waals surface area (Å²) in [7, 11) is 1.88. The summed E-state index contributed by atoms with van der Waals surface area (Å²) in [6.07, 6.45) is 5.13. The zero-order valence-electron chi connectivity index (χ0n) is 10.0. The van der Waals surface area contributed by atoms with Crippen LogP contribution in [0.1, 0.15) is 11.3 Å². The predicted molar refractivity (Wildman–Crippen MR) is 69.4 cm³/mol. The number of nitrogens with two attached hydrogens (primary N) is 1. The Morgan fingerprint density at radius 1 is 1.39 bits per heavy atom. The molecule has 0 amide bonds. The number of nitrogen functional groups attached to an aromatic ring is 1. The minimum atomic E-state index is -0.0616. The lowest BCUT2D eigenvalue weighted by Gasteiger charge is -2.17. The zero-order chi connectivity index (χ0) is 13.0. The average Bonchev–Trinajstić information content (AvgIpc) is 2.40. The van der Waals surface area contributed by atoms with Crippen molar-refractivity contribution in [3.05, 3.63) is 48.0 Å². The molecule has 0 aliphatic carbocycles. The molecule has 0 unspecified atom stereocenters. The largest absolute Gasteiger partial charge is 0.382 e. The quantitative estimate of drug-likeness (QED) is 0.611. The van der Waals surface area contributed by atoms with Crippen LogP contribution in [-0.4, -0.2) is 27.8 Å². The summed E-state index contributed by atoms with van der Waals surface area (Å²) in [5.74, 6) is 0.472. The summed E-state index contributed by atoms with van der Waals surface area (Å²) in [4.78, 5) is 14.3. The normalized spacial score (nSPS) is 10.1. The lowest BCUT2D eigenvalue weighted by molar-refractivity contribution is 0.860. The van der Waals surface area contributed by atoms with E-state index < -0.39 is 0 Å². The third kappa shape index (κ3) is 2.79. The Balaban J connectivity index is 2.16. The van der Waals surface area contributed by atoms with E-state index in [0.717, 1.165) is 5.56 Å². The molecular formula is C12H14N6. The standard InChI is InChI=1S/C12H14N6/c1-18(8-9-3-2-5-15-7-9)12-16-6-4-10(17-12)11(13)14/h2-7H,8H2,1H3,(H3,13,14). The fraction of sp³-hybridized carbons (Fsp3) is 0.167. The van der Waals surface area contributed by atoms with Crippen molar-refractivity contribution in [1.29, 1.82) is 5.41 Å². The van der Waals surface area contributed by atoms with Gasteiger partial charge < -0.3 is 10.6 Å². The highest BCUT2D eigenvalue weighted by Gasteiger charge is 2.07. The Hall–Kier alpha value is -2.50. The summed E-state index contributed by atoms with van der Waals surface area (Å²) in [5.41, 5.74) is 6.90. The van der Waals surface area contributed by atoms with E-state index in [0.29, 0.717) is 18.2 Å². The summed E-state index contributed by atoms with van der Waals surface area (Å²) < 4.78 is 0. The molecule has 2 aromatic rings. The highest BCUT2D eigenvalue weighted by atomic mass is 15.2. The maximum Gasteiger partial charge on any atom is 0.226 e. The van der Waals surface area contributed by atoms with E-state index >= 15 is 0 Å². The van der Waals surface area contributed by atoms with Gasteiger partial charge in [-0.1, -0.05) is 6.07 Å². The van der Waals surface area contributed by atoms with Crippen LogP contribution in [0, 0.1) is 5.41 Å². The fourth-order valence-corrected chi connectivity index (χ4v) is 1.52. The number of aromatic nitrogens is 3. The summed E-state index contributed by atoms with van der Waals surface area (Å²) >= 11 is 0. The van der Waals surface area contributed by atoms with Crippen LogP contribution >= 0.6 is 0 Å². The van der Waals surface area contributed by atoms with Crippen molar-refractivity contribution in [1.82, 2.24) is 15.0 Å². The molecule has 0 fully saturated rings. The van der Waals surface area contributed by atoms with Crippen LogP contribution in [0.3, 0.4) is 0 Å². The minimum Gasteiger partial charge on any atom is -0.382 e. The predicted octanol–water partition coefficient (Wildman–Crippen LogP) is 0.792. The SMILES string of the molecule is CN(Cc1cccnc1)c1nccc(C(=N)N)n1. The molecular weight excluding hydrogens is 228 g/mol. The van der Waals surface area contributed by atoms with E-state index in [4.69, 9.17) is 11.1 Å². The summed E-state index contributed by atoms with van der Waals surface area (Å²) in [6.45, 7) is 0.648. The number of nitrogens with one attached hydrogen (secondary N) is 1. The van der Waals surface area contributed by atoms with Crippen molar-refractivity contribution < 1.29 is 0 Å². The van der Waals surface area contributed by atoms with Crippen LogP contribution in [-0.2, 0) is 6.54 Å². The third-order valence-corrected chi connectivity index (χ3v) is 2.40. The van der Waals surface area contributed by atoms with Gasteiger partial charge >= 0.3 is 0 Å². The number of hydrogen-bond acceptors (Lipinski definition) is 5. The highest BCUT2D eigenvalue weighted by Crippen LogP contribution is 2.09. The highest BCUT2D eigenvalue weighted by molar-refractivity contribution is 5.93. The Morgan fingerprint density at radius 3 is 2.89 bits per heavy atom. The van der Waals surface area contributed by atoms with Gasteiger partial charge in [0.1, 0.15) is 11.5 Å². The molecule has 0 aliphatic heterocycles. The van der Waals surface area contributed by atoms with Gasteiger partial charge in [-0.2, -0.15) is 0 Å². The van der Waals surface area contributed by atoms with Crippen LogP contribution < -0.4 is 10.6 Å². The lowest BCUT2D eigenvalue weighted by Crippen LogP contribution is -2.21.